The van der Waals surface area contributed by atoms with Gasteiger partial charge in [0, 0.05) is 5.92 Å². The summed E-state index contributed by atoms with van der Waals surface area (Å²) in [5.74, 6) is 0.260. The number of carbonyl (C=O) groups excluding carboxylic acids is 2. The summed E-state index contributed by atoms with van der Waals surface area (Å²) < 4.78 is 10.3. The summed E-state index contributed by atoms with van der Waals surface area (Å²) in [4.78, 5) is 25.0. The minimum Gasteiger partial charge on any atom is -0.430 e. The first kappa shape index (κ1) is 10.1. The molecule has 0 aromatic rings. The fraction of sp³-hybridized carbons (Fsp3) is 0.818. The number of piperidine rings is 1. The molecule has 3 rings (SSSR count). The third kappa shape index (κ3) is 0.830. The number of nitrogens with zero attached hydrogens (tertiary/aromatic N) is 1. The lowest BCUT2D eigenvalue weighted by Crippen LogP contribution is -2.49. The largest absolute Gasteiger partial charge is 0.509 e. The lowest BCUT2D eigenvalue weighted by atomic mass is 9.92. The zero-order valence-electron chi connectivity index (χ0n) is 9.65. The monoisotopic (exact) mass is 225 g/mol. The molecule has 0 N–H and O–H groups in total. The molecule has 1 spiro atoms. The summed E-state index contributed by atoms with van der Waals surface area (Å²) in [6.45, 7) is 3.87. The number of cyclic esters (lactones) is 1. The van der Waals surface area contributed by atoms with E-state index in [1.165, 1.54) is 0 Å². The Labute approximate surface area is 93.7 Å². The number of likely N-dealkylation sites (N-methyl/N-ethyl adjacent to an activating group) is 1. The van der Waals surface area contributed by atoms with E-state index in [-0.39, 0.29) is 24.3 Å². The Bertz CT molecular complexity index is 395. The quantitative estimate of drug-likeness (QED) is 0.611. The number of likely N-dealkylation sites (tertiary alicyclic amines) is 1. The van der Waals surface area contributed by atoms with Gasteiger partial charge in [-0.15, -0.1) is 0 Å². The Kier molecular flexibility index (Phi) is 1.63. The maximum Gasteiger partial charge on any atom is 0.509 e. The second-order valence-electron chi connectivity index (χ2n) is 5.12. The van der Waals surface area contributed by atoms with Crippen molar-refractivity contribution in [3.05, 3.63) is 0 Å². The maximum atomic E-state index is 11.8. The van der Waals surface area contributed by atoms with Gasteiger partial charge >= 0.3 is 6.16 Å². The van der Waals surface area contributed by atoms with E-state index in [4.69, 9.17) is 9.47 Å². The molecule has 16 heavy (non-hydrogen) atoms. The predicted molar refractivity (Wildman–Crippen MR) is 53.9 cm³/mol. The molecule has 0 aromatic heterocycles. The Morgan fingerprint density at radius 1 is 1.56 bits per heavy atom. The average Bonchev–Trinajstić information content (AvgIpc) is 2.85. The van der Waals surface area contributed by atoms with Crippen molar-refractivity contribution in [1.82, 2.24) is 4.90 Å². The summed E-state index contributed by atoms with van der Waals surface area (Å²) in [7, 11) is 1.92. The van der Waals surface area contributed by atoms with Crippen molar-refractivity contribution in [2.24, 2.45) is 5.92 Å². The van der Waals surface area contributed by atoms with E-state index in [9.17, 15) is 9.59 Å². The van der Waals surface area contributed by atoms with Gasteiger partial charge in [0.25, 0.3) is 0 Å². The molecule has 3 aliphatic rings. The van der Waals surface area contributed by atoms with Crippen molar-refractivity contribution >= 4 is 11.9 Å². The number of ether oxygens (including phenoxy) is 2. The first-order chi connectivity index (χ1) is 7.45. The first-order valence-electron chi connectivity index (χ1n) is 5.55. The van der Waals surface area contributed by atoms with Gasteiger partial charge in [-0.25, -0.2) is 4.79 Å². The normalized spacial score (nSPS) is 50.1. The molecule has 4 atom stereocenters. The van der Waals surface area contributed by atoms with Gasteiger partial charge in [0.2, 0.25) is 0 Å². The summed E-state index contributed by atoms with van der Waals surface area (Å²) in [5.41, 5.74) is -1.01. The van der Waals surface area contributed by atoms with Crippen LogP contribution in [-0.4, -0.2) is 47.7 Å². The molecule has 0 amide bonds. The van der Waals surface area contributed by atoms with E-state index in [2.05, 4.69) is 0 Å². The van der Waals surface area contributed by atoms with Crippen LogP contribution in [-0.2, 0) is 14.3 Å². The van der Waals surface area contributed by atoms with E-state index in [1.807, 2.05) is 18.9 Å². The Morgan fingerprint density at radius 2 is 2.25 bits per heavy atom. The van der Waals surface area contributed by atoms with Crippen LogP contribution in [0.25, 0.3) is 0 Å². The standard InChI is InChI=1S/C11H15NO4/c1-6-11(5-15-9(14)16-11)8-4-10(8,7(2)13)12(6)3/h6,8H,4-5H2,1-3H3. The molecule has 0 radical (unpaired) electrons. The van der Waals surface area contributed by atoms with Crippen LogP contribution in [0.4, 0.5) is 4.79 Å². The lowest BCUT2D eigenvalue weighted by Gasteiger charge is -2.32. The topological polar surface area (TPSA) is 55.8 Å². The first-order valence-corrected chi connectivity index (χ1v) is 5.55. The van der Waals surface area contributed by atoms with Crippen LogP contribution in [0.3, 0.4) is 0 Å². The summed E-state index contributed by atoms with van der Waals surface area (Å²) in [6.07, 6.45) is 0.173. The summed E-state index contributed by atoms with van der Waals surface area (Å²) >= 11 is 0. The van der Waals surface area contributed by atoms with E-state index in [0.29, 0.717) is 0 Å². The van der Waals surface area contributed by atoms with Crippen molar-refractivity contribution < 1.29 is 19.1 Å². The maximum absolute atomic E-state index is 11.8. The number of carbonyl (C=O) groups is 2. The number of fused-ring (bicyclic) bond motifs is 2. The van der Waals surface area contributed by atoms with Crippen LogP contribution in [0.1, 0.15) is 20.3 Å². The minimum atomic E-state index is -0.605. The average molecular weight is 225 g/mol. The van der Waals surface area contributed by atoms with Crippen molar-refractivity contribution in [2.45, 2.75) is 37.5 Å². The van der Waals surface area contributed by atoms with Crippen LogP contribution in [0.15, 0.2) is 0 Å². The van der Waals surface area contributed by atoms with Gasteiger partial charge in [0.1, 0.15) is 12.4 Å². The van der Waals surface area contributed by atoms with Crippen molar-refractivity contribution in [1.29, 1.82) is 0 Å². The number of rotatable bonds is 1. The Hall–Kier alpha value is -1.10. The predicted octanol–water partition coefficient (Wildman–Crippen LogP) is 0.574. The zero-order chi connectivity index (χ0) is 11.7. The van der Waals surface area contributed by atoms with E-state index in [1.54, 1.807) is 6.92 Å². The van der Waals surface area contributed by atoms with Gasteiger partial charge in [-0.1, -0.05) is 0 Å². The molecular formula is C11H15NO4. The molecular weight excluding hydrogens is 210 g/mol. The molecule has 2 heterocycles. The molecule has 3 fully saturated rings. The molecule has 1 aliphatic carbocycles. The minimum absolute atomic E-state index is 0.0293. The molecule has 0 bridgehead atoms. The third-order valence-electron chi connectivity index (χ3n) is 4.74. The van der Waals surface area contributed by atoms with Crippen LogP contribution in [0.5, 0.6) is 0 Å². The molecule has 2 aliphatic heterocycles. The van der Waals surface area contributed by atoms with Crippen molar-refractivity contribution in [3.8, 4) is 0 Å². The van der Waals surface area contributed by atoms with Gasteiger partial charge in [0.05, 0.1) is 11.6 Å². The number of ketones is 1. The van der Waals surface area contributed by atoms with Gasteiger partial charge in [-0.2, -0.15) is 0 Å². The van der Waals surface area contributed by atoms with Gasteiger partial charge < -0.3 is 9.47 Å². The highest BCUT2D eigenvalue weighted by Crippen LogP contribution is 2.64. The van der Waals surface area contributed by atoms with E-state index in [0.717, 1.165) is 6.42 Å². The summed E-state index contributed by atoms with van der Waals surface area (Å²) in [5, 5.41) is 0. The SMILES string of the molecule is CC(=O)C12CC1C1(COC(=O)O1)C(C)N2C. The van der Waals surface area contributed by atoms with Crippen LogP contribution < -0.4 is 0 Å². The lowest BCUT2D eigenvalue weighted by molar-refractivity contribution is -0.123. The molecule has 0 aromatic carbocycles. The Morgan fingerprint density at radius 3 is 2.69 bits per heavy atom. The molecule has 5 heteroatoms. The van der Waals surface area contributed by atoms with Gasteiger partial charge in [-0.3, -0.25) is 9.69 Å². The van der Waals surface area contributed by atoms with Crippen molar-refractivity contribution in [2.75, 3.05) is 13.7 Å². The fourth-order valence-electron chi connectivity index (χ4n) is 3.58. The van der Waals surface area contributed by atoms with Gasteiger partial charge in [-0.05, 0) is 27.3 Å². The highest BCUT2D eigenvalue weighted by molar-refractivity contribution is 5.91. The number of hydrogen-bond donors (Lipinski definition) is 0. The van der Waals surface area contributed by atoms with Crippen LogP contribution in [0.2, 0.25) is 0 Å². The number of hydrogen-bond acceptors (Lipinski definition) is 5. The molecule has 5 nitrogen and oxygen atoms in total. The number of Topliss-reactive ketones (excluding diaryl/α,β-unsaturated/α-hetero) is 1. The molecule has 88 valence electrons. The molecule has 4 unspecified atom stereocenters. The second kappa shape index (κ2) is 2.59. The third-order valence-corrected chi connectivity index (χ3v) is 4.74. The van der Waals surface area contributed by atoms with Gasteiger partial charge in [0.15, 0.2) is 5.60 Å². The fourth-order valence-corrected chi connectivity index (χ4v) is 3.58. The highest BCUT2D eigenvalue weighted by atomic mass is 16.8. The molecule has 2 saturated heterocycles. The second-order valence-corrected chi connectivity index (χ2v) is 5.12. The van der Waals surface area contributed by atoms with E-state index >= 15 is 0 Å². The van der Waals surface area contributed by atoms with Crippen LogP contribution in [0, 0.1) is 5.92 Å². The highest BCUT2D eigenvalue weighted by Gasteiger charge is 2.80. The molecule has 1 saturated carbocycles. The van der Waals surface area contributed by atoms with Crippen LogP contribution >= 0.6 is 0 Å². The van der Waals surface area contributed by atoms with E-state index < -0.39 is 17.3 Å². The van der Waals surface area contributed by atoms with Crippen molar-refractivity contribution in [3.63, 3.8) is 0 Å². The zero-order valence-corrected chi connectivity index (χ0v) is 9.65. The Balaban J connectivity index is 2.00. The smallest absolute Gasteiger partial charge is 0.430 e. The summed E-state index contributed by atoms with van der Waals surface area (Å²) in [6, 6.07) is 0.0293.